The Labute approximate surface area is 183 Å². The normalized spacial score (nSPS) is 15.5. The molecule has 1 unspecified atom stereocenters. The number of nitrogens with zero attached hydrogens (tertiary/aromatic N) is 3. The molecule has 0 bridgehead atoms. The Morgan fingerprint density at radius 2 is 1.77 bits per heavy atom. The van der Waals surface area contributed by atoms with Crippen molar-refractivity contribution in [2.45, 2.75) is 12.6 Å². The van der Waals surface area contributed by atoms with Crippen LogP contribution in [0, 0.1) is 0 Å². The second-order valence-corrected chi connectivity index (χ2v) is 7.93. The number of hydrogen-bond donors (Lipinski definition) is 1. The van der Waals surface area contributed by atoms with Gasteiger partial charge in [-0.3, -0.25) is 14.9 Å². The number of carbonyl (C=O) groups excluding carboxylic acids is 1. The van der Waals surface area contributed by atoms with E-state index in [2.05, 4.69) is 15.2 Å². The highest BCUT2D eigenvalue weighted by atomic mass is 35.5. The molecule has 5 nitrogen and oxygen atoms in total. The topological polar surface area (TPSA) is 61.9 Å². The van der Waals surface area contributed by atoms with Gasteiger partial charge in [-0.25, -0.2) is 0 Å². The number of H-pyrrole nitrogens is 1. The predicted molar refractivity (Wildman–Crippen MR) is 116 cm³/mol. The molecule has 5 rings (SSSR count). The van der Waals surface area contributed by atoms with Crippen molar-refractivity contribution in [3.8, 4) is 11.3 Å². The van der Waals surface area contributed by atoms with E-state index in [4.69, 9.17) is 23.2 Å². The van der Waals surface area contributed by atoms with Gasteiger partial charge < -0.3 is 4.90 Å². The molecule has 30 heavy (non-hydrogen) atoms. The number of benzene rings is 2. The van der Waals surface area contributed by atoms with Gasteiger partial charge in [-0.15, -0.1) is 0 Å². The lowest BCUT2D eigenvalue weighted by Crippen LogP contribution is -2.29. The molecule has 1 atom stereocenters. The van der Waals surface area contributed by atoms with Crippen molar-refractivity contribution >= 4 is 29.1 Å². The molecule has 1 aliphatic rings. The first-order chi connectivity index (χ1) is 14.6. The van der Waals surface area contributed by atoms with E-state index in [9.17, 15) is 4.79 Å². The average Bonchev–Trinajstić information content (AvgIpc) is 3.30. The van der Waals surface area contributed by atoms with Gasteiger partial charge in [0.05, 0.1) is 11.7 Å². The number of carbonyl (C=O) groups is 1. The third-order valence-electron chi connectivity index (χ3n) is 5.27. The van der Waals surface area contributed by atoms with Crippen LogP contribution < -0.4 is 0 Å². The van der Waals surface area contributed by atoms with Crippen LogP contribution in [0.5, 0.6) is 0 Å². The summed E-state index contributed by atoms with van der Waals surface area (Å²) >= 11 is 12.7. The third kappa shape index (κ3) is 3.16. The van der Waals surface area contributed by atoms with E-state index in [0.717, 1.165) is 27.9 Å². The fourth-order valence-corrected chi connectivity index (χ4v) is 4.42. The second-order valence-electron chi connectivity index (χ2n) is 7.08. The van der Waals surface area contributed by atoms with Crippen molar-refractivity contribution in [3.05, 3.63) is 105 Å². The van der Waals surface area contributed by atoms with Crippen LogP contribution in [0.1, 0.15) is 33.2 Å². The largest absolute Gasteiger partial charge is 0.322 e. The van der Waals surface area contributed by atoms with Crippen molar-refractivity contribution < 1.29 is 4.79 Å². The van der Waals surface area contributed by atoms with Crippen LogP contribution >= 0.6 is 23.2 Å². The molecule has 4 aromatic rings. The molecule has 0 spiro atoms. The molecule has 2 aromatic heterocycles. The quantitative estimate of drug-likeness (QED) is 0.459. The molecule has 0 saturated heterocycles. The van der Waals surface area contributed by atoms with Crippen LogP contribution in [-0.4, -0.2) is 26.0 Å². The Bertz CT molecular complexity index is 1220. The van der Waals surface area contributed by atoms with Crippen LogP contribution in [-0.2, 0) is 6.54 Å². The van der Waals surface area contributed by atoms with Gasteiger partial charge in [-0.2, -0.15) is 5.10 Å². The van der Waals surface area contributed by atoms with Crippen LogP contribution in [0.4, 0.5) is 0 Å². The number of fused-ring (bicyclic) bond motifs is 1. The maximum atomic E-state index is 13.4. The summed E-state index contributed by atoms with van der Waals surface area (Å²) in [5.41, 5.74) is 4.77. The molecular weight excluding hydrogens is 419 g/mol. The van der Waals surface area contributed by atoms with Crippen molar-refractivity contribution in [1.82, 2.24) is 20.1 Å². The molecule has 1 amide bonds. The lowest BCUT2D eigenvalue weighted by Gasteiger charge is -2.27. The number of nitrogens with one attached hydrogen (secondary N) is 1. The van der Waals surface area contributed by atoms with Crippen molar-refractivity contribution in [2.24, 2.45) is 0 Å². The molecule has 148 valence electrons. The van der Waals surface area contributed by atoms with Crippen molar-refractivity contribution in [1.29, 1.82) is 0 Å². The summed E-state index contributed by atoms with van der Waals surface area (Å²) < 4.78 is 0. The Kier molecular flexibility index (Phi) is 4.77. The van der Waals surface area contributed by atoms with Gasteiger partial charge in [0.15, 0.2) is 0 Å². The molecule has 0 saturated carbocycles. The average molecular weight is 435 g/mol. The minimum atomic E-state index is -0.389. The van der Waals surface area contributed by atoms with Gasteiger partial charge in [0, 0.05) is 40.1 Å². The molecule has 1 N–H and O–H groups in total. The number of halogens is 2. The maximum Gasteiger partial charge on any atom is 0.273 e. The lowest BCUT2D eigenvalue weighted by atomic mass is 9.96. The van der Waals surface area contributed by atoms with Gasteiger partial charge in [0.2, 0.25) is 0 Å². The molecule has 0 fully saturated rings. The summed E-state index contributed by atoms with van der Waals surface area (Å²) in [5.74, 6) is -0.118. The number of aromatic nitrogens is 3. The van der Waals surface area contributed by atoms with E-state index in [1.165, 1.54) is 0 Å². The Morgan fingerprint density at radius 1 is 1.00 bits per heavy atom. The summed E-state index contributed by atoms with van der Waals surface area (Å²) in [6.07, 6.45) is 3.44. The number of aromatic amines is 1. The van der Waals surface area contributed by atoms with Crippen LogP contribution in [0.3, 0.4) is 0 Å². The number of pyridine rings is 1. The van der Waals surface area contributed by atoms with Gasteiger partial charge in [0.25, 0.3) is 5.91 Å². The summed E-state index contributed by atoms with van der Waals surface area (Å²) in [5, 5.41) is 8.48. The van der Waals surface area contributed by atoms with Crippen molar-refractivity contribution in [3.63, 3.8) is 0 Å². The summed E-state index contributed by atoms with van der Waals surface area (Å²) in [4.78, 5) is 19.3. The fraction of sp³-hybridized carbons (Fsp3) is 0.0870. The minimum Gasteiger partial charge on any atom is -0.322 e. The Hall–Kier alpha value is -3.15. The lowest BCUT2D eigenvalue weighted by molar-refractivity contribution is 0.0730. The Morgan fingerprint density at radius 3 is 2.50 bits per heavy atom. The van der Waals surface area contributed by atoms with Gasteiger partial charge in [-0.1, -0.05) is 59.6 Å². The SMILES string of the molecule is O=C1c2[nH]nc(-c3ccccc3)c2C(c2ccc(Cl)cc2Cl)N1Cc1ccncc1. The van der Waals surface area contributed by atoms with Gasteiger partial charge >= 0.3 is 0 Å². The smallest absolute Gasteiger partial charge is 0.273 e. The molecule has 7 heteroatoms. The fourth-order valence-electron chi connectivity index (χ4n) is 3.91. The van der Waals surface area contributed by atoms with Gasteiger partial charge in [-0.05, 0) is 35.4 Å². The second kappa shape index (κ2) is 7.59. The van der Waals surface area contributed by atoms with E-state index >= 15 is 0 Å². The van der Waals surface area contributed by atoms with E-state index in [-0.39, 0.29) is 11.9 Å². The molecular formula is C23H16Cl2N4O. The molecule has 1 aliphatic heterocycles. The zero-order valence-electron chi connectivity index (χ0n) is 15.7. The standard InChI is InChI=1S/C23H16Cl2N4O/c24-16-6-7-17(18(25)12-16)22-19-20(15-4-2-1-3-5-15)27-28-21(19)23(30)29(22)13-14-8-10-26-11-9-14/h1-12,22H,13H2,(H,27,28). The minimum absolute atomic E-state index is 0.118. The zero-order valence-corrected chi connectivity index (χ0v) is 17.2. The number of hydrogen-bond acceptors (Lipinski definition) is 3. The zero-order chi connectivity index (χ0) is 20.7. The first-order valence-electron chi connectivity index (χ1n) is 9.42. The maximum absolute atomic E-state index is 13.4. The highest BCUT2D eigenvalue weighted by Crippen LogP contribution is 2.45. The third-order valence-corrected chi connectivity index (χ3v) is 5.83. The first kappa shape index (κ1) is 18.9. The molecule has 3 heterocycles. The van der Waals surface area contributed by atoms with Crippen LogP contribution in [0.25, 0.3) is 11.3 Å². The van der Waals surface area contributed by atoms with E-state index < -0.39 is 0 Å². The summed E-state index contributed by atoms with van der Waals surface area (Å²) in [6.45, 7) is 0.418. The molecule has 0 aliphatic carbocycles. The predicted octanol–water partition coefficient (Wildman–Crippen LogP) is 5.52. The van der Waals surface area contributed by atoms with E-state index in [1.807, 2.05) is 48.5 Å². The highest BCUT2D eigenvalue weighted by molar-refractivity contribution is 6.35. The monoisotopic (exact) mass is 434 g/mol. The first-order valence-corrected chi connectivity index (χ1v) is 10.2. The Balaban J connectivity index is 1.68. The summed E-state index contributed by atoms with van der Waals surface area (Å²) in [6, 6.07) is 18.6. The number of rotatable bonds is 4. The van der Waals surface area contributed by atoms with Crippen molar-refractivity contribution in [2.75, 3.05) is 0 Å². The number of amides is 1. The van der Waals surface area contributed by atoms with Crippen LogP contribution in [0.2, 0.25) is 10.0 Å². The molecule has 0 radical (unpaired) electrons. The van der Waals surface area contributed by atoms with Gasteiger partial charge in [0.1, 0.15) is 5.69 Å². The van der Waals surface area contributed by atoms with E-state index in [0.29, 0.717) is 22.3 Å². The molecule has 2 aromatic carbocycles. The highest BCUT2D eigenvalue weighted by Gasteiger charge is 2.42. The van der Waals surface area contributed by atoms with E-state index in [1.54, 1.807) is 29.4 Å². The summed E-state index contributed by atoms with van der Waals surface area (Å²) in [7, 11) is 0. The van der Waals surface area contributed by atoms with Crippen LogP contribution in [0.15, 0.2) is 73.1 Å².